The lowest BCUT2D eigenvalue weighted by atomic mass is 10.1. The number of nitrogens with zero attached hydrogens (tertiary/aromatic N) is 1. The van der Waals surface area contributed by atoms with Gasteiger partial charge < -0.3 is 4.90 Å². The van der Waals surface area contributed by atoms with Crippen molar-refractivity contribution in [2.24, 2.45) is 5.92 Å². The Kier molecular flexibility index (Phi) is 2.77. The van der Waals surface area contributed by atoms with E-state index in [-0.39, 0.29) is 0 Å². The largest absolute Gasteiger partial charge is 0.323 e. The van der Waals surface area contributed by atoms with Crippen LogP contribution in [0.2, 0.25) is 0 Å². The van der Waals surface area contributed by atoms with Crippen molar-refractivity contribution in [3.63, 3.8) is 0 Å². The molecule has 3 heteroatoms. The Labute approximate surface area is 85.8 Å². The summed E-state index contributed by atoms with van der Waals surface area (Å²) < 4.78 is 0. The quantitative estimate of drug-likeness (QED) is 0.736. The molecule has 1 amide bonds. The van der Waals surface area contributed by atoms with E-state index in [0.29, 0.717) is 24.7 Å². The van der Waals surface area contributed by atoms with Crippen LogP contribution in [0.3, 0.4) is 0 Å². The molecule has 0 aromatic heterocycles. The van der Waals surface area contributed by atoms with Crippen LogP contribution in [0.5, 0.6) is 0 Å². The van der Waals surface area contributed by atoms with Gasteiger partial charge in [0.25, 0.3) is 0 Å². The van der Waals surface area contributed by atoms with Gasteiger partial charge in [-0.05, 0) is 32.1 Å². The summed E-state index contributed by atoms with van der Waals surface area (Å²) in [5, 5.41) is 3.30. The fourth-order valence-corrected chi connectivity index (χ4v) is 2.40. The SMILES string of the molecule is CCCC1NCC(=O)N1C(C)C1CC1. The summed E-state index contributed by atoms with van der Waals surface area (Å²) in [6.45, 7) is 4.91. The van der Waals surface area contributed by atoms with Gasteiger partial charge in [-0.3, -0.25) is 10.1 Å². The van der Waals surface area contributed by atoms with Crippen molar-refractivity contribution in [2.45, 2.75) is 51.7 Å². The number of hydrogen-bond acceptors (Lipinski definition) is 2. The molecule has 1 saturated heterocycles. The molecule has 3 nitrogen and oxygen atoms in total. The van der Waals surface area contributed by atoms with Crippen LogP contribution in [0.15, 0.2) is 0 Å². The number of amides is 1. The van der Waals surface area contributed by atoms with Gasteiger partial charge in [0.05, 0.1) is 12.7 Å². The highest BCUT2D eigenvalue weighted by Crippen LogP contribution is 2.36. The Bertz CT molecular complexity index is 225. The summed E-state index contributed by atoms with van der Waals surface area (Å²) in [5.74, 6) is 1.07. The van der Waals surface area contributed by atoms with Crippen molar-refractivity contribution < 1.29 is 4.79 Å². The lowest BCUT2D eigenvalue weighted by molar-refractivity contribution is -0.130. The lowest BCUT2D eigenvalue weighted by Crippen LogP contribution is -2.44. The Morgan fingerprint density at radius 2 is 2.29 bits per heavy atom. The maximum absolute atomic E-state index is 11.7. The summed E-state index contributed by atoms with van der Waals surface area (Å²) in [6.07, 6.45) is 5.15. The maximum Gasteiger partial charge on any atom is 0.238 e. The molecule has 2 rings (SSSR count). The van der Waals surface area contributed by atoms with Crippen molar-refractivity contribution >= 4 is 5.91 Å². The van der Waals surface area contributed by atoms with Crippen LogP contribution in [-0.4, -0.2) is 29.6 Å². The molecule has 1 saturated carbocycles. The van der Waals surface area contributed by atoms with E-state index in [9.17, 15) is 4.79 Å². The molecule has 0 radical (unpaired) electrons. The number of carbonyl (C=O) groups excluding carboxylic acids is 1. The average molecular weight is 196 g/mol. The van der Waals surface area contributed by atoms with Crippen LogP contribution in [0, 0.1) is 5.92 Å². The van der Waals surface area contributed by atoms with Crippen LogP contribution in [-0.2, 0) is 4.79 Å². The van der Waals surface area contributed by atoms with Crippen molar-refractivity contribution in [1.29, 1.82) is 0 Å². The van der Waals surface area contributed by atoms with Gasteiger partial charge in [-0.25, -0.2) is 0 Å². The van der Waals surface area contributed by atoms with Crippen LogP contribution in [0.25, 0.3) is 0 Å². The van der Waals surface area contributed by atoms with Crippen LogP contribution in [0.1, 0.15) is 39.5 Å². The minimum absolute atomic E-state index is 0.294. The molecule has 80 valence electrons. The Morgan fingerprint density at radius 1 is 1.57 bits per heavy atom. The molecule has 2 aliphatic rings. The van der Waals surface area contributed by atoms with Gasteiger partial charge in [0.1, 0.15) is 0 Å². The second-order valence-corrected chi connectivity index (χ2v) is 4.56. The fraction of sp³-hybridized carbons (Fsp3) is 0.909. The zero-order valence-electron chi connectivity index (χ0n) is 9.12. The first-order valence-electron chi connectivity index (χ1n) is 5.78. The lowest BCUT2D eigenvalue weighted by Gasteiger charge is -2.30. The molecular formula is C11H20N2O. The molecule has 2 atom stereocenters. The molecular weight excluding hydrogens is 176 g/mol. The smallest absolute Gasteiger partial charge is 0.238 e. The highest BCUT2D eigenvalue weighted by molar-refractivity contribution is 5.81. The second-order valence-electron chi connectivity index (χ2n) is 4.56. The van der Waals surface area contributed by atoms with E-state index in [1.807, 2.05) is 0 Å². The van der Waals surface area contributed by atoms with E-state index < -0.39 is 0 Å². The number of nitrogens with one attached hydrogen (secondary N) is 1. The second kappa shape index (κ2) is 3.89. The van der Waals surface area contributed by atoms with E-state index in [0.717, 1.165) is 18.8 Å². The van der Waals surface area contributed by atoms with E-state index in [1.54, 1.807) is 0 Å². The van der Waals surface area contributed by atoms with Crippen molar-refractivity contribution in [3.05, 3.63) is 0 Å². The highest BCUT2D eigenvalue weighted by atomic mass is 16.2. The topological polar surface area (TPSA) is 32.3 Å². The predicted octanol–water partition coefficient (Wildman–Crippen LogP) is 1.34. The molecule has 0 aromatic rings. The van der Waals surface area contributed by atoms with E-state index >= 15 is 0 Å². The maximum atomic E-state index is 11.7. The Balaban J connectivity index is 2.00. The molecule has 0 bridgehead atoms. The summed E-state index contributed by atoms with van der Waals surface area (Å²) in [5.41, 5.74) is 0. The average Bonchev–Trinajstić information content (AvgIpc) is 2.93. The monoisotopic (exact) mass is 196 g/mol. The standard InChI is InChI=1S/C11H20N2O/c1-3-4-10-12-7-11(14)13(10)8(2)9-5-6-9/h8-10,12H,3-7H2,1-2H3. The molecule has 2 fully saturated rings. The third kappa shape index (κ3) is 1.78. The number of rotatable bonds is 4. The van der Waals surface area contributed by atoms with E-state index in [4.69, 9.17) is 0 Å². The molecule has 1 heterocycles. The van der Waals surface area contributed by atoms with Crippen molar-refractivity contribution in [2.75, 3.05) is 6.54 Å². The van der Waals surface area contributed by atoms with Crippen molar-refractivity contribution in [1.82, 2.24) is 10.2 Å². The summed E-state index contributed by atoms with van der Waals surface area (Å²) in [7, 11) is 0. The van der Waals surface area contributed by atoms with Gasteiger partial charge in [0.2, 0.25) is 5.91 Å². The minimum Gasteiger partial charge on any atom is -0.323 e. The Hall–Kier alpha value is -0.570. The zero-order valence-corrected chi connectivity index (χ0v) is 9.12. The van der Waals surface area contributed by atoms with Crippen LogP contribution in [0.4, 0.5) is 0 Å². The van der Waals surface area contributed by atoms with E-state index in [1.165, 1.54) is 12.8 Å². The first-order valence-corrected chi connectivity index (χ1v) is 5.78. The summed E-state index contributed by atoms with van der Waals surface area (Å²) in [4.78, 5) is 13.8. The number of carbonyl (C=O) groups is 1. The van der Waals surface area contributed by atoms with Gasteiger partial charge in [-0.2, -0.15) is 0 Å². The third-order valence-corrected chi connectivity index (χ3v) is 3.42. The first-order chi connectivity index (χ1) is 6.74. The third-order valence-electron chi connectivity index (χ3n) is 3.42. The van der Waals surface area contributed by atoms with Gasteiger partial charge in [0, 0.05) is 6.04 Å². The summed E-state index contributed by atoms with van der Waals surface area (Å²) in [6, 6.07) is 0.453. The molecule has 2 unspecified atom stereocenters. The van der Waals surface area contributed by atoms with Crippen molar-refractivity contribution in [3.8, 4) is 0 Å². The molecule has 14 heavy (non-hydrogen) atoms. The predicted molar refractivity (Wildman–Crippen MR) is 55.7 cm³/mol. The van der Waals surface area contributed by atoms with E-state index in [2.05, 4.69) is 24.1 Å². The molecule has 1 aliphatic heterocycles. The van der Waals surface area contributed by atoms with Crippen LogP contribution < -0.4 is 5.32 Å². The molecule has 0 spiro atoms. The fourth-order valence-electron chi connectivity index (χ4n) is 2.40. The molecule has 1 aliphatic carbocycles. The normalized spacial score (nSPS) is 29.7. The first kappa shape index (κ1) is 9.97. The van der Waals surface area contributed by atoms with Gasteiger partial charge >= 0.3 is 0 Å². The Morgan fingerprint density at radius 3 is 2.86 bits per heavy atom. The van der Waals surface area contributed by atoms with Crippen LogP contribution >= 0.6 is 0 Å². The molecule has 0 aromatic carbocycles. The van der Waals surface area contributed by atoms with Gasteiger partial charge in [0.15, 0.2) is 0 Å². The summed E-state index contributed by atoms with van der Waals surface area (Å²) >= 11 is 0. The van der Waals surface area contributed by atoms with Gasteiger partial charge in [-0.1, -0.05) is 13.3 Å². The zero-order chi connectivity index (χ0) is 10.1. The minimum atomic E-state index is 0.294. The van der Waals surface area contributed by atoms with Gasteiger partial charge in [-0.15, -0.1) is 0 Å². The number of hydrogen-bond donors (Lipinski definition) is 1. The highest BCUT2D eigenvalue weighted by Gasteiger charge is 2.40. The molecule has 1 N–H and O–H groups in total.